The van der Waals surface area contributed by atoms with Gasteiger partial charge in [0.25, 0.3) is 0 Å². The molecule has 5 aliphatic rings. The molecule has 0 N–H and O–H groups in total. The molecule has 0 amide bonds. The molecule has 5 unspecified atom stereocenters. The third kappa shape index (κ3) is 0.833. The fourth-order valence-electron chi connectivity index (χ4n) is 6.47. The fourth-order valence-corrected chi connectivity index (χ4v) is 6.47. The SMILES string of the molecule is C[N+](C)(C)C12CC3CC4CC(C3)(CC41)C2. The minimum Gasteiger partial charge on any atom is -0.326 e. The van der Waals surface area contributed by atoms with Crippen molar-refractivity contribution in [3.63, 3.8) is 0 Å². The average Bonchev–Trinajstić information content (AvgIpc) is 2.47. The monoisotopic (exact) mass is 206 g/mol. The minimum absolute atomic E-state index is 0.698. The summed E-state index contributed by atoms with van der Waals surface area (Å²) in [5, 5.41) is 0. The first kappa shape index (κ1) is 9.04. The smallest absolute Gasteiger partial charge is 0.103 e. The van der Waals surface area contributed by atoms with E-state index in [4.69, 9.17) is 0 Å². The Morgan fingerprint density at radius 2 is 1.80 bits per heavy atom. The number of hydrogen-bond donors (Lipinski definition) is 0. The van der Waals surface area contributed by atoms with Crippen molar-refractivity contribution >= 4 is 0 Å². The molecule has 0 saturated heterocycles. The van der Waals surface area contributed by atoms with Gasteiger partial charge in [-0.15, -0.1) is 0 Å². The van der Waals surface area contributed by atoms with Crippen molar-refractivity contribution in [1.29, 1.82) is 0 Å². The van der Waals surface area contributed by atoms with Crippen LogP contribution in [0.5, 0.6) is 0 Å². The summed E-state index contributed by atoms with van der Waals surface area (Å²) in [5.41, 5.74) is 1.53. The van der Waals surface area contributed by atoms with Crippen LogP contribution in [0.15, 0.2) is 0 Å². The summed E-state index contributed by atoms with van der Waals surface area (Å²) in [6.07, 6.45) is 9.52. The quantitative estimate of drug-likeness (QED) is 0.579. The topological polar surface area (TPSA) is 0 Å². The molecule has 1 spiro atoms. The Morgan fingerprint density at radius 1 is 1.00 bits per heavy atom. The molecule has 0 aromatic heterocycles. The molecule has 5 rings (SSSR count). The van der Waals surface area contributed by atoms with Gasteiger partial charge in [-0.05, 0) is 42.9 Å². The molecule has 5 fully saturated rings. The molecule has 0 heterocycles. The third-order valence-corrected chi connectivity index (χ3v) is 6.62. The maximum absolute atomic E-state index is 2.46. The van der Waals surface area contributed by atoms with Gasteiger partial charge >= 0.3 is 0 Å². The zero-order chi connectivity index (χ0) is 10.5. The predicted molar refractivity (Wildman–Crippen MR) is 61.4 cm³/mol. The van der Waals surface area contributed by atoms with Crippen molar-refractivity contribution in [2.75, 3.05) is 21.1 Å². The van der Waals surface area contributed by atoms with Crippen molar-refractivity contribution in [3.05, 3.63) is 0 Å². The second-order valence-corrected chi connectivity index (χ2v) is 8.08. The normalized spacial score (nSPS) is 60.6. The fraction of sp³-hybridized carbons (Fsp3) is 1.00. The van der Waals surface area contributed by atoms with E-state index in [1.54, 1.807) is 38.5 Å². The highest BCUT2D eigenvalue weighted by molar-refractivity contribution is 5.20. The van der Waals surface area contributed by atoms with Crippen molar-refractivity contribution in [2.45, 2.75) is 44.1 Å². The average molecular weight is 206 g/mol. The number of quaternary nitrogens is 1. The lowest BCUT2D eigenvalue weighted by Gasteiger charge is -2.60. The van der Waals surface area contributed by atoms with Crippen LogP contribution in [0, 0.1) is 23.2 Å². The largest absolute Gasteiger partial charge is 0.326 e. The Bertz CT molecular complexity index is 329. The van der Waals surface area contributed by atoms with Crippen LogP contribution in [-0.2, 0) is 0 Å². The molecule has 15 heavy (non-hydrogen) atoms. The molecule has 0 aromatic rings. The van der Waals surface area contributed by atoms with E-state index in [9.17, 15) is 0 Å². The summed E-state index contributed by atoms with van der Waals surface area (Å²) in [6, 6.07) is 0. The number of hydrogen-bond acceptors (Lipinski definition) is 0. The molecule has 1 nitrogen and oxygen atoms in total. The van der Waals surface area contributed by atoms with Gasteiger partial charge in [0, 0.05) is 18.8 Å². The van der Waals surface area contributed by atoms with Gasteiger partial charge in [0.2, 0.25) is 0 Å². The maximum atomic E-state index is 2.46. The maximum Gasteiger partial charge on any atom is 0.103 e. The Hall–Kier alpha value is -0.0400. The Labute approximate surface area is 93.4 Å². The second-order valence-electron chi connectivity index (χ2n) is 8.08. The van der Waals surface area contributed by atoms with Gasteiger partial charge in [0.05, 0.1) is 21.1 Å². The van der Waals surface area contributed by atoms with Crippen molar-refractivity contribution in [2.24, 2.45) is 23.2 Å². The molecule has 5 bridgehead atoms. The number of nitrogens with zero attached hydrogens (tertiary/aromatic N) is 1. The van der Waals surface area contributed by atoms with Crippen LogP contribution in [0.2, 0.25) is 0 Å². The Morgan fingerprint density at radius 3 is 2.47 bits per heavy atom. The molecule has 5 aliphatic carbocycles. The Balaban J connectivity index is 1.87. The van der Waals surface area contributed by atoms with E-state index in [0.29, 0.717) is 5.54 Å². The first-order valence-corrected chi connectivity index (χ1v) is 6.76. The lowest BCUT2D eigenvalue weighted by atomic mass is 9.52. The highest BCUT2D eigenvalue weighted by atomic mass is 15.4. The lowest BCUT2D eigenvalue weighted by molar-refractivity contribution is -0.932. The van der Waals surface area contributed by atoms with Crippen molar-refractivity contribution in [1.82, 2.24) is 0 Å². The van der Waals surface area contributed by atoms with Gasteiger partial charge in [-0.1, -0.05) is 0 Å². The molecular formula is C14H24N+. The van der Waals surface area contributed by atoms with Crippen LogP contribution in [0.25, 0.3) is 0 Å². The zero-order valence-electron chi connectivity index (χ0n) is 10.4. The summed E-state index contributed by atoms with van der Waals surface area (Å²) in [4.78, 5) is 0. The van der Waals surface area contributed by atoms with E-state index in [2.05, 4.69) is 21.1 Å². The highest BCUT2D eigenvalue weighted by Crippen LogP contribution is 2.75. The van der Waals surface area contributed by atoms with Gasteiger partial charge in [0.1, 0.15) is 5.54 Å². The van der Waals surface area contributed by atoms with E-state index >= 15 is 0 Å². The summed E-state index contributed by atoms with van der Waals surface area (Å²) in [6.45, 7) is 0. The van der Waals surface area contributed by atoms with Crippen LogP contribution >= 0.6 is 0 Å². The molecule has 1 heteroatoms. The number of rotatable bonds is 1. The van der Waals surface area contributed by atoms with Crippen LogP contribution in [0.1, 0.15) is 38.5 Å². The molecular weight excluding hydrogens is 182 g/mol. The summed E-state index contributed by atoms with van der Waals surface area (Å²) in [7, 11) is 7.37. The summed E-state index contributed by atoms with van der Waals surface area (Å²) >= 11 is 0. The van der Waals surface area contributed by atoms with Crippen LogP contribution in [0.4, 0.5) is 0 Å². The minimum atomic E-state index is 0.698. The van der Waals surface area contributed by atoms with E-state index in [1.807, 2.05) is 0 Å². The predicted octanol–water partition coefficient (Wildman–Crippen LogP) is 2.66. The molecule has 5 saturated carbocycles. The van der Waals surface area contributed by atoms with Gasteiger partial charge in [-0.25, -0.2) is 0 Å². The van der Waals surface area contributed by atoms with Gasteiger partial charge in [0.15, 0.2) is 0 Å². The van der Waals surface area contributed by atoms with Crippen LogP contribution in [0.3, 0.4) is 0 Å². The van der Waals surface area contributed by atoms with E-state index in [-0.39, 0.29) is 0 Å². The van der Waals surface area contributed by atoms with Gasteiger partial charge in [-0.3, -0.25) is 0 Å². The lowest BCUT2D eigenvalue weighted by Crippen LogP contribution is -2.66. The molecule has 0 radical (unpaired) electrons. The summed E-state index contributed by atoms with van der Waals surface area (Å²) < 4.78 is 1.24. The van der Waals surface area contributed by atoms with Crippen molar-refractivity contribution in [3.8, 4) is 0 Å². The highest BCUT2D eigenvalue weighted by Gasteiger charge is 2.73. The standard InChI is InChI=1S/C14H24N/c1-15(2,3)14-6-10-4-11-7-13(5-10,9-14)8-12(11)14/h10-12H,4-9H2,1-3H3/q+1. The van der Waals surface area contributed by atoms with E-state index in [0.717, 1.165) is 23.2 Å². The van der Waals surface area contributed by atoms with Gasteiger partial charge < -0.3 is 4.48 Å². The Kier molecular flexibility index (Phi) is 1.30. The van der Waals surface area contributed by atoms with Crippen molar-refractivity contribution < 1.29 is 4.48 Å². The van der Waals surface area contributed by atoms with E-state index < -0.39 is 0 Å². The third-order valence-electron chi connectivity index (χ3n) is 6.62. The molecule has 0 aliphatic heterocycles. The first-order valence-electron chi connectivity index (χ1n) is 6.76. The zero-order valence-corrected chi connectivity index (χ0v) is 10.4. The molecule has 5 atom stereocenters. The van der Waals surface area contributed by atoms with Crippen LogP contribution in [-0.4, -0.2) is 31.2 Å². The van der Waals surface area contributed by atoms with Gasteiger partial charge in [-0.2, -0.15) is 0 Å². The van der Waals surface area contributed by atoms with Crippen LogP contribution < -0.4 is 0 Å². The summed E-state index contributed by atoms with van der Waals surface area (Å²) in [5.74, 6) is 3.33. The first-order chi connectivity index (χ1) is 6.94. The second kappa shape index (κ2) is 2.16. The molecule has 84 valence electrons. The van der Waals surface area contributed by atoms with E-state index in [1.165, 1.54) is 4.48 Å². The molecule has 0 aromatic carbocycles.